The first-order valence-electron chi connectivity index (χ1n) is 5.67. The van der Waals surface area contributed by atoms with Gasteiger partial charge in [0.25, 0.3) is 10.0 Å². The molecule has 1 N–H and O–H groups in total. The van der Waals surface area contributed by atoms with Gasteiger partial charge in [0.2, 0.25) is 0 Å². The van der Waals surface area contributed by atoms with Gasteiger partial charge < -0.3 is 5.11 Å². The molecule has 0 saturated heterocycles. The Morgan fingerprint density at radius 2 is 2.17 bits per heavy atom. The van der Waals surface area contributed by atoms with E-state index in [9.17, 15) is 13.2 Å². The van der Waals surface area contributed by atoms with Crippen LogP contribution in [0.4, 0.5) is 0 Å². The molecular weight excluding hydrogens is 258 g/mol. The van der Waals surface area contributed by atoms with E-state index in [0.717, 1.165) is 4.31 Å². The van der Waals surface area contributed by atoms with E-state index in [0.29, 0.717) is 13.0 Å². The average molecular weight is 275 g/mol. The fraction of sp³-hybridized carbons (Fsp3) is 0.600. The predicted molar refractivity (Wildman–Crippen MR) is 64.6 cm³/mol. The highest BCUT2D eigenvalue weighted by Crippen LogP contribution is 2.15. The Morgan fingerprint density at radius 3 is 2.67 bits per heavy atom. The van der Waals surface area contributed by atoms with Crippen LogP contribution >= 0.6 is 0 Å². The van der Waals surface area contributed by atoms with E-state index in [1.165, 1.54) is 16.9 Å². The van der Waals surface area contributed by atoms with Gasteiger partial charge in [0.05, 0.1) is 6.20 Å². The second-order valence-electron chi connectivity index (χ2n) is 3.72. The summed E-state index contributed by atoms with van der Waals surface area (Å²) >= 11 is 0. The second kappa shape index (κ2) is 5.96. The third-order valence-electron chi connectivity index (χ3n) is 2.37. The summed E-state index contributed by atoms with van der Waals surface area (Å²) in [4.78, 5) is 10.7. The maximum absolute atomic E-state index is 12.3. The molecule has 1 aromatic heterocycles. The van der Waals surface area contributed by atoms with Crippen LogP contribution in [0.25, 0.3) is 0 Å². The molecule has 18 heavy (non-hydrogen) atoms. The zero-order valence-corrected chi connectivity index (χ0v) is 11.2. The summed E-state index contributed by atoms with van der Waals surface area (Å²) in [5, 5.41) is 12.7. The van der Waals surface area contributed by atoms with E-state index in [4.69, 9.17) is 5.11 Å². The van der Waals surface area contributed by atoms with Gasteiger partial charge in [-0.25, -0.2) is 8.42 Å². The van der Waals surface area contributed by atoms with Gasteiger partial charge in [0, 0.05) is 13.1 Å². The van der Waals surface area contributed by atoms with Crippen molar-refractivity contribution in [1.82, 2.24) is 14.1 Å². The summed E-state index contributed by atoms with van der Waals surface area (Å²) < 4.78 is 26.9. The zero-order chi connectivity index (χ0) is 13.8. The highest BCUT2D eigenvalue weighted by atomic mass is 32.2. The molecule has 0 aliphatic heterocycles. The number of sulfonamides is 1. The Morgan fingerprint density at radius 1 is 1.50 bits per heavy atom. The lowest BCUT2D eigenvalue weighted by atomic mass is 10.5. The fourth-order valence-electron chi connectivity index (χ4n) is 1.59. The van der Waals surface area contributed by atoms with Crippen LogP contribution in [0.2, 0.25) is 0 Å². The lowest BCUT2D eigenvalue weighted by Gasteiger charge is -2.19. The highest BCUT2D eigenvalue weighted by Gasteiger charge is 2.28. The summed E-state index contributed by atoms with van der Waals surface area (Å²) in [6.45, 7) is 3.61. The molecule has 0 atom stereocenters. The van der Waals surface area contributed by atoms with E-state index in [1.807, 2.05) is 0 Å². The predicted octanol–water partition coefficient (Wildman–Crippen LogP) is 0.388. The summed E-state index contributed by atoms with van der Waals surface area (Å²) in [5.74, 6) is -1.17. The number of hydrogen-bond acceptors (Lipinski definition) is 4. The van der Waals surface area contributed by atoms with Crippen molar-refractivity contribution in [1.29, 1.82) is 0 Å². The van der Waals surface area contributed by atoms with E-state index in [2.05, 4.69) is 5.10 Å². The lowest BCUT2D eigenvalue weighted by Crippen LogP contribution is -2.37. The van der Waals surface area contributed by atoms with Crippen LogP contribution in [0.5, 0.6) is 0 Å². The number of rotatable bonds is 7. The van der Waals surface area contributed by atoms with Crippen molar-refractivity contribution in [2.24, 2.45) is 0 Å². The Bertz CT molecular complexity index is 509. The maximum atomic E-state index is 12.3. The minimum atomic E-state index is -3.80. The highest BCUT2D eigenvalue weighted by molar-refractivity contribution is 7.89. The van der Waals surface area contributed by atoms with Crippen LogP contribution in [-0.2, 0) is 21.4 Å². The molecule has 8 heteroatoms. The van der Waals surface area contributed by atoms with Gasteiger partial charge in [-0.2, -0.15) is 9.40 Å². The van der Waals surface area contributed by atoms with Crippen LogP contribution in [0.3, 0.4) is 0 Å². The molecule has 0 fully saturated rings. The van der Waals surface area contributed by atoms with E-state index < -0.39 is 22.5 Å². The number of carbonyl (C=O) groups is 1. The molecule has 7 nitrogen and oxygen atoms in total. The van der Waals surface area contributed by atoms with Crippen molar-refractivity contribution in [3.63, 3.8) is 0 Å². The quantitative estimate of drug-likeness (QED) is 0.777. The number of aromatic nitrogens is 2. The summed E-state index contributed by atoms with van der Waals surface area (Å²) in [5.41, 5.74) is 0. The van der Waals surface area contributed by atoms with Gasteiger partial charge in [-0.05, 0) is 19.4 Å². The molecule has 0 unspecified atom stereocenters. The van der Waals surface area contributed by atoms with Crippen LogP contribution in [0, 0.1) is 0 Å². The Labute approximate surface area is 106 Å². The van der Waals surface area contributed by atoms with Crippen LogP contribution in [0.15, 0.2) is 17.3 Å². The third kappa shape index (κ3) is 3.08. The normalized spacial score (nSPS) is 11.9. The minimum Gasteiger partial charge on any atom is -0.480 e. The molecule has 0 aromatic carbocycles. The number of aliphatic carboxylic acids is 1. The standard InChI is InChI=1S/C10H17N3O4S/c1-3-7-12(8-10(14)15)18(16,17)9-5-6-11-13(9)4-2/h5-6H,3-4,7-8H2,1-2H3,(H,14,15). The zero-order valence-electron chi connectivity index (χ0n) is 10.4. The van der Waals surface area contributed by atoms with Gasteiger partial charge in [-0.3, -0.25) is 9.48 Å². The summed E-state index contributed by atoms with van der Waals surface area (Å²) in [7, 11) is -3.80. The largest absolute Gasteiger partial charge is 0.480 e. The topological polar surface area (TPSA) is 92.5 Å². The molecular formula is C10H17N3O4S. The first-order chi connectivity index (χ1) is 8.43. The van der Waals surface area contributed by atoms with Crippen molar-refractivity contribution in [3.05, 3.63) is 12.3 Å². The van der Waals surface area contributed by atoms with Gasteiger partial charge in [-0.15, -0.1) is 0 Å². The van der Waals surface area contributed by atoms with Crippen molar-refractivity contribution < 1.29 is 18.3 Å². The van der Waals surface area contributed by atoms with Crippen molar-refractivity contribution in [2.75, 3.05) is 13.1 Å². The molecule has 0 bridgehead atoms. The molecule has 0 radical (unpaired) electrons. The van der Waals surface area contributed by atoms with Gasteiger partial charge in [0.1, 0.15) is 6.54 Å². The number of carboxylic acid groups (broad SMARTS) is 1. The van der Waals surface area contributed by atoms with Crippen molar-refractivity contribution >= 4 is 16.0 Å². The maximum Gasteiger partial charge on any atom is 0.318 e. The molecule has 1 aromatic rings. The molecule has 0 aliphatic rings. The Balaban J connectivity index is 3.12. The smallest absolute Gasteiger partial charge is 0.318 e. The van der Waals surface area contributed by atoms with Gasteiger partial charge >= 0.3 is 5.97 Å². The molecule has 1 heterocycles. The second-order valence-corrected chi connectivity index (χ2v) is 5.60. The Kier molecular flexibility index (Phi) is 4.85. The number of hydrogen-bond donors (Lipinski definition) is 1. The van der Waals surface area contributed by atoms with Crippen LogP contribution < -0.4 is 0 Å². The third-order valence-corrected chi connectivity index (χ3v) is 4.23. The van der Waals surface area contributed by atoms with E-state index in [-0.39, 0.29) is 11.6 Å². The lowest BCUT2D eigenvalue weighted by molar-refractivity contribution is -0.137. The van der Waals surface area contributed by atoms with Crippen molar-refractivity contribution in [2.45, 2.75) is 31.8 Å². The van der Waals surface area contributed by atoms with E-state index >= 15 is 0 Å². The van der Waals surface area contributed by atoms with Crippen molar-refractivity contribution in [3.8, 4) is 0 Å². The van der Waals surface area contributed by atoms with E-state index in [1.54, 1.807) is 13.8 Å². The fourth-order valence-corrected chi connectivity index (χ4v) is 3.24. The molecule has 0 spiro atoms. The first kappa shape index (κ1) is 14.7. The molecule has 102 valence electrons. The SMILES string of the molecule is CCCN(CC(=O)O)S(=O)(=O)c1ccnn1CC. The molecule has 1 rings (SSSR count). The number of nitrogens with zero attached hydrogens (tertiary/aromatic N) is 3. The van der Waals surface area contributed by atoms with Gasteiger partial charge in [-0.1, -0.05) is 6.92 Å². The Hall–Kier alpha value is -1.41. The molecule has 0 saturated carbocycles. The van der Waals surface area contributed by atoms with Crippen LogP contribution in [0.1, 0.15) is 20.3 Å². The average Bonchev–Trinajstić information content (AvgIpc) is 2.76. The number of carboxylic acids is 1. The first-order valence-corrected chi connectivity index (χ1v) is 7.11. The molecule has 0 amide bonds. The minimum absolute atomic E-state index is 0.0275. The summed E-state index contributed by atoms with van der Waals surface area (Å²) in [6, 6.07) is 1.38. The summed E-state index contributed by atoms with van der Waals surface area (Å²) in [6.07, 6.45) is 1.94. The molecule has 0 aliphatic carbocycles. The van der Waals surface area contributed by atoms with Gasteiger partial charge in [0.15, 0.2) is 5.03 Å². The monoisotopic (exact) mass is 275 g/mol. The number of aryl methyl sites for hydroxylation is 1. The van der Waals surface area contributed by atoms with Crippen LogP contribution in [-0.4, -0.2) is 46.7 Å².